The number of fused-ring (bicyclic) bond motifs is 1. The molecule has 0 aromatic heterocycles. The minimum Gasteiger partial charge on any atom is -0.454 e. The molecule has 6 nitrogen and oxygen atoms in total. The van der Waals surface area contributed by atoms with Crippen LogP contribution in [0.3, 0.4) is 0 Å². The van der Waals surface area contributed by atoms with Crippen LogP contribution >= 0.6 is 15.9 Å². The topological polar surface area (TPSA) is 75.7 Å². The summed E-state index contributed by atoms with van der Waals surface area (Å²) in [6, 6.07) is 20.3. The van der Waals surface area contributed by atoms with Crippen LogP contribution in [-0.2, 0) is 14.3 Å². The lowest BCUT2D eigenvalue weighted by Gasteiger charge is -2.22. The van der Waals surface area contributed by atoms with Gasteiger partial charge in [0.1, 0.15) is 6.54 Å². The number of benzene rings is 3. The van der Waals surface area contributed by atoms with Crippen molar-refractivity contribution in [1.29, 1.82) is 0 Å². The second-order valence-corrected chi connectivity index (χ2v) is 7.40. The zero-order valence-corrected chi connectivity index (χ0v) is 18.0. The molecule has 1 N–H and O–H groups in total. The molecule has 0 unspecified atom stereocenters. The first-order valence-corrected chi connectivity index (χ1v) is 10.3. The van der Waals surface area contributed by atoms with Gasteiger partial charge in [-0.3, -0.25) is 14.4 Å². The molecule has 0 spiro atoms. The zero-order valence-electron chi connectivity index (χ0n) is 16.4. The van der Waals surface area contributed by atoms with Gasteiger partial charge >= 0.3 is 5.97 Å². The molecule has 3 rings (SSSR count). The lowest BCUT2D eigenvalue weighted by Crippen LogP contribution is -2.36. The van der Waals surface area contributed by atoms with E-state index >= 15 is 0 Å². The fraction of sp³-hybridized carbons (Fsp3) is 0.174. The lowest BCUT2D eigenvalue weighted by atomic mass is 10.1. The molecule has 0 aliphatic carbocycles. The van der Waals surface area contributed by atoms with Gasteiger partial charge < -0.3 is 15.0 Å². The molecule has 7 heteroatoms. The molecular weight excluding hydrogens is 448 g/mol. The molecule has 154 valence electrons. The molecule has 2 amide bonds. The number of nitrogens with zero attached hydrogens (tertiary/aromatic N) is 1. The zero-order chi connectivity index (χ0) is 21.5. The number of carbonyl (C=O) groups excluding carboxylic acids is 3. The van der Waals surface area contributed by atoms with E-state index in [4.69, 9.17) is 4.74 Å². The van der Waals surface area contributed by atoms with Gasteiger partial charge in [-0.2, -0.15) is 0 Å². The molecule has 0 saturated carbocycles. The largest absolute Gasteiger partial charge is 0.454 e. The summed E-state index contributed by atoms with van der Waals surface area (Å²) < 4.78 is 5.92. The van der Waals surface area contributed by atoms with E-state index in [1.54, 1.807) is 29.2 Å². The van der Waals surface area contributed by atoms with E-state index in [2.05, 4.69) is 21.2 Å². The number of esters is 1. The Hall–Kier alpha value is -3.19. The molecule has 0 heterocycles. The minimum atomic E-state index is -0.678. The van der Waals surface area contributed by atoms with Crippen molar-refractivity contribution in [3.63, 3.8) is 0 Å². The number of nitrogens with one attached hydrogen (secondary N) is 1. The molecule has 0 atom stereocenters. The van der Waals surface area contributed by atoms with Gasteiger partial charge in [-0.05, 0) is 42.6 Å². The monoisotopic (exact) mass is 468 g/mol. The maximum Gasteiger partial charge on any atom is 0.325 e. The van der Waals surface area contributed by atoms with Crippen molar-refractivity contribution >= 4 is 50.2 Å². The van der Waals surface area contributed by atoms with E-state index in [0.29, 0.717) is 12.1 Å². The van der Waals surface area contributed by atoms with E-state index in [9.17, 15) is 14.4 Å². The molecule has 3 aromatic carbocycles. The summed E-state index contributed by atoms with van der Waals surface area (Å²) >= 11 is 3.30. The van der Waals surface area contributed by atoms with Gasteiger partial charge in [0.05, 0.1) is 5.69 Å². The SMILES string of the molecule is CCN(C(=O)COC(=O)CNC(=O)c1ccc(Br)cc1)c1cccc2ccccc12. The number of anilines is 1. The van der Waals surface area contributed by atoms with Gasteiger partial charge in [-0.1, -0.05) is 52.3 Å². The van der Waals surface area contributed by atoms with Crippen LogP contribution in [0.25, 0.3) is 10.8 Å². The summed E-state index contributed by atoms with van der Waals surface area (Å²) in [7, 11) is 0. The molecule has 0 aliphatic rings. The van der Waals surface area contributed by atoms with Crippen LogP contribution in [-0.4, -0.2) is 37.5 Å². The van der Waals surface area contributed by atoms with Crippen LogP contribution in [0, 0.1) is 0 Å². The maximum absolute atomic E-state index is 12.7. The third kappa shape index (κ3) is 5.24. The summed E-state index contributed by atoms with van der Waals surface area (Å²) in [6.45, 7) is 1.58. The summed E-state index contributed by atoms with van der Waals surface area (Å²) in [4.78, 5) is 38.3. The Morgan fingerprint density at radius 2 is 1.67 bits per heavy atom. The van der Waals surface area contributed by atoms with Crippen LogP contribution in [0.15, 0.2) is 71.2 Å². The van der Waals surface area contributed by atoms with Gasteiger partial charge in [-0.15, -0.1) is 0 Å². The third-order valence-electron chi connectivity index (χ3n) is 4.53. The van der Waals surface area contributed by atoms with Crippen LogP contribution in [0.4, 0.5) is 5.69 Å². The van der Waals surface area contributed by atoms with Crippen molar-refractivity contribution < 1.29 is 19.1 Å². The van der Waals surface area contributed by atoms with Crippen LogP contribution in [0.2, 0.25) is 0 Å². The average molecular weight is 469 g/mol. The van der Waals surface area contributed by atoms with Crippen LogP contribution < -0.4 is 10.2 Å². The van der Waals surface area contributed by atoms with E-state index in [1.807, 2.05) is 49.4 Å². The van der Waals surface area contributed by atoms with E-state index in [0.717, 1.165) is 20.9 Å². The highest BCUT2D eigenvalue weighted by Gasteiger charge is 2.18. The molecule has 0 saturated heterocycles. The molecule has 0 bridgehead atoms. The van der Waals surface area contributed by atoms with Gasteiger partial charge in [0.2, 0.25) is 0 Å². The number of carbonyl (C=O) groups is 3. The maximum atomic E-state index is 12.7. The Morgan fingerprint density at radius 1 is 0.967 bits per heavy atom. The Kier molecular flexibility index (Phi) is 7.19. The standard InChI is InChI=1S/C23H21BrN2O4/c1-2-26(20-9-5-7-16-6-3-4-8-19(16)20)21(27)15-30-22(28)14-25-23(29)17-10-12-18(24)13-11-17/h3-13H,2,14-15H2,1H3,(H,25,29). The Balaban J connectivity index is 1.56. The highest BCUT2D eigenvalue weighted by atomic mass is 79.9. The van der Waals surface area contributed by atoms with Crippen LogP contribution in [0.5, 0.6) is 0 Å². The van der Waals surface area contributed by atoms with Crippen molar-refractivity contribution in [1.82, 2.24) is 5.32 Å². The number of ether oxygens (including phenoxy) is 1. The van der Waals surface area contributed by atoms with Crippen molar-refractivity contribution in [3.8, 4) is 0 Å². The van der Waals surface area contributed by atoms with E-state index < -0.39 is 18.5 Å². The Labute approximate surface area is 183 Å². The fourth-order valence-corrected chi connectivity index (χ4v) is 3.32. The molecule has 30 heavy (non-hydrogen) atoms. The predicted molar refractivity (Wildman–Crippen MR) is 119 cm³/mol. The average Bonchev–Trinajstić information content (AvgIpc) is 2.77. The Bertz CT molecular complexity index is 1060. The highest BCUT2D eigenvalue weighted by molar-refractivity contribution is 9.10. The van der Waals surface area contributed by atoms with E-state index in [1.165, 1.54) is 0 Å². The van der Waals surface area contributed by atoms with Crippen molar-refractivity contribution in [2.45, 2.75) is 6.92 Å². The van der Waals surface area contributed by atoms with Crippen LogP contribution in [0.1, 0.15) is 17.3 Å². The van der Waals surface area contributed by atoms with E-state index in [-0.39, 0.29) is 12.5 Å². The van der Waals surface area contributed by atoms with Gasteiger partial charge in [0.25, 0.3) is 11.8 Å². The molecule has 0 aliphatic heterocycles. The number of amides is 2. The molecule has 0 fully saturated rings. The second-order valence-electron chi connectivity index (χ2n) is 6.49. The first-order chi connectivity index (χ1) is 14.5. The number of rotatable bonds is 7. The highest BCUT2D eigenvalue weighted by Crippen LogP contribution is 2.26. The summed E-state index contributed by atoms with van der Waals surface area (Å²) in [5.74, 6) is -1.40. The predicted octanol–water partition coefficient (Wildman–Crippen LogP) is 3.93. The van der Waals surface area contributed by atoms with Crippen molar-refractivity contribution in [2.24, 2.45) is 0 Å². The summed E-state index contributed by atoms with van der Waals surface area (Å²) in [5.41, 5.74) is 1.19. The fourth-order valence-electron chi connectivity index (χ4n) is 3.05. The second kappa shape index (κ2) is 10.0. The van der Waals surface area contributed by atoms with Crippen molar-refractivity contribution in [3.05, 3.63) is 76.8 Å². The number of likely N-dealkylation sites (N-methyl/N-ethyl adjacent to an activating group) is 1. The first-order valence-electron chi connectivity index (χ1n) is 9.47. The van der Waals surface area contributed by atoms with Gasteiger partial charge in [0.15, 0.2) is 6.61 Å². The molecular formula is C23H21BrN2O4. The quantitative estimate of drug-likeness (QED) is 0.533. The minimum absolute atomic E-state index is 0.317. The summed E-state index contributed by atoms with van der Waals surface area (Å²) in [6.07, 6.45) is 0. The molecule has 0 radical (unpaired) electrons. The number of hydrogen-bond donors (Lipinski definition) is 1. The molecule has 3 aromatic rings. The number of hydrogen-bond acceptors (Lipinski definition) is 4. The normalized spacial score (nSPS) is 10.5. The lowest BCUT2D eigenvalue weighted by molar-refractivity contribution is -0.146. The van der Waals surface area contributed by atoms with Gasteiger partial charge in [-0.25, -0.2) is 0 Å². The Morgan fingerprint density at radius 3 is 2.40 bits per heavy atom. The smallest absolute Gasteiger partial charge is 0.325 e. The van der Waals surface area contributed by atoms with Gasteiger partial charge in [0, 0.05) is 22.0 Å². The first kappa shape index (κ1) is 21.5. The third-order valence-corrected chi connectivity index (χ3v) is 5.06. The number of halogens is 1. The summed E-state index contributed by atoms with van der Waals surface area (Å²) in [5, 5.41) is 4.46. The van der Waals surface area contributed by atoms with Crippen molar-refractivity contribution in [2.75, 3.05) is 24.6 Å².